The van der Waals surface area contributed by atoms with Crippen molar-refractivity contribution in [2.24, 2.45) is 10.2 Å². The Balaban J connectivity index is 0.000000227. The maximum absolute atomic E-state index is 13.3. The number of hydrogen-bond acceptors (Lipinski definition) is 10. The fourth-order valence-corrected chi connectivity index (χ4v) is 6.84. The second-order valence-corrected chi connectivity index (χ2v) is 15.9. The van der Waals surface area contributed by atoms with Crippen LogP contribution in [-0.2, 0) is 0 Å². The van der Waals surface area contributed by atoms with Gasteiger partial charge in [0, 0.05) is 55.0 Å². The number of urea groups is 2. The molecule has 0 saturated heterocycles. The summed E-state index contributed by atoms with van der Waals surface area (Å²) in [6, 6.07) is 34.1. The van der Waals surface area contributed by atoms with E-state index in [1.165, 1.54) is 27.3 Å². The molecule has 0 aliphatic carbocycles. The number of benzene rings is 4. The summed E-state index contributed by atoms with van der Waals surface area (Å²) in [4.78, 5) is 27.4. The molecule has 2 atom stereocenters. The number of amides is 4. The van der Waals surface area contributed by atoms with Gasteiger partial charge in [0.15, 0.2) is 0 Å². The van der Waals surface area contributed by atoms with E-state index in [1.807, 2.05) is 36.4 Å². The Morgan fingerprint density at radius 2 is 1.06 bits per heavy atom. The molecule has 0 spiro atoms. The van der Waals surface area contributed by atoms with E-state index >= 15 is 0 Å². The third-order valence-corrected chi connectivity index (χ3v) is 10.6. The summed E-state index contributed by atoms with van der Waals surface area (Å²) in [6.07, 6.45) is 6.18. The monoisotopic (exact) mass is 1080 g/mol. The quantitative estimate of drug-likeness (QED) is 0.130. The lowest BCUT2D eigenvalue weighted by Gasteiger charge is -2.24. The molecule has 0 saturated carbocycles. The number of aromatic nitrogens is 4. The van der Waals surface area contributed by atoms with E-state index in [0.717, 1.165) is 11.1 Å². The van der Waals surface area contributed by atoms with Crippen molar-refractivity contribution in [1.82, 2.24) is 29.6 Å². The van der Waals surface area contributed by atoms with Gasteiger partial charge in [0.25, 0.3) is 0 Å². The molecule has 1 N–H and O–H groups in total. The van der Waals surface area contributed by atoms with Crippen LogP contribution >= 0.6 is 62.3 Å². The lowest BCUT2D eigenvalue weighted by Crippen LogP contribution is -3.00. The number of nitrogens with zero attached hydrogens (tertiary/aromatic N) is 13. The number of carbonyl (C=O) groups excluding carboxylic acids is 2. The molecule has 6 aromatic rings. The van der Waals surface area contributed by atoms with Gasteiger partial charge in [0.2, 0.25) is 0 Å². The van der Waals surface area contributed by atoms with Crippen molar-refractivity contribution in [3.05, 3.63) is 164 Å². The molecule has 22 heteroatoms. The molecule has 0 fully saturated rings. The van der Waals surface area contributed by atoms with Crippen LogP contribution in [0.4, 0.5) is 21.0 Å². The summed E-state index contributed by atoms with van der Waals surface area (Å²) in [6.45, 7) is 0.288. The molecule has 2 aliphatic rings. The van der Waals surface area contributed by atoms with Crippen molar-refractivity contribution in [2.75, 3.05) is 35.2 Å². The molecule has 4 amide bonds. The smallest absolute Gasteiger partial charge is 0.345 e. The molecule has 16 nitrogen and oxygen atoms in total. The van der Waals surface area contributed by atoms with Gasteiger partial charge in [-0.15, -0.1) is 0 Å². The van der Waals surface area contributed by atoms with Crippen LogP contribution in [-0.4, -0.2) is 78.0 Å². The molecule has 4 aromatic carbocycles. The standard InChI is InChI=1S/C22H15Cl2N7O.C20H14Cl2N6O.C2H2BrN.BrH/c23-17-3-1-16(2-4-17)21-20(30-13-15(11-26)12-27-30)14-31(28-21)22(32)29(10-9-25)19-7-5-18(24)6-8-19;21-15-3-1-14(2-4-15)19-18(27-11-13(9-23)10-24-27)12-28(26-19)20(29)25-17-7-5-16(22)6-8-17;3-1-2-4;/h1-8,12-13,20H,10,14H2;1-8,10-11,18H,12H2,(H,25,29);1H2;1H/p-1. The minimum absolute atomic E-state index is 0. The van der Waals surface area contributed by atoms with Gasteiger partial charge in [-0.1, -0.05) is 86.6 Å². The van der Waals surface area contributed by atoms with Gasteiger partial charge >= 0.3 is 12.1 Å². The molecule has 8 rings (SSSR count). The maximum Gasteiger partial charge on any atom is 0.345 e. The number of nitriles is 4. The van der Waals surface area contributed by atoms with Gasteiger partial charge in [-0.25, -0.2) is 19.6 Å². The van der Waals surface area contributed by atoms with Crippen molar-refractivity contribution in [2.45, 2.75) is 12.1 Å². The van der Waals surface area contributed by atoms with Gasteiger partial charge < -0.3 is 22.3 Å². The third kappa shape index (κ3) is 12.7. The first-order valence-electron chi connectivity index (χ1n) is 19.0. The lowest BCUT2D eigenvalue weighted by atomic mass is 10.0. The molecular weight excluding hydrogens is 1060 g/mol. The van der Waals surface area contributed by atoms with E-state index in [4.69, 9.17) is 62.2 Å². The van der Waals surface area contributed by atoms with Gasteiger partial charge in [-0.3, -0.25) is 14.3 Å². The minimum Gasteiger partial charge on any atom is -1.00 e. The number of rotatable bonds is 7. The molecule has 4 heterocycles. The highest BCUT2D eigenvalue weighted by Gasteiger charge is 2.36. The van der Waals surface area contributed by atoms with Crippen LogP contribution in [0.1, 0.15) is 34.3 Å². The number of carbonyl (C=O) groups is 2. The van der Waals surface area contributed by atoms with E-state index < -0.39 is 12.1 Å². The van der Waals surface area contributed by atoms with Crippen LogP contribution in [0, 0.1) is 45.3 Å². The number of hydrogen-bond donors (Lipinski definition) is 1. The maximum atomic E-state index is 13.3. The zero-order valence-electron chi connectivity index (χ0n) is 33.9. The Morgan fingerprint density at radius 1 is 0.652 bits per heavy atom. The van der Waals surface area contributed by atoms with Crippen LogP contribution < -0.4 is 27.2 Å². The van der Waals surface area contributed by atoms with E-state index in [0.29, 0.717) is 59.3 Å². The summed E-state index contributed by atoms with van der Waals surface area (Å²) in [5, 5.41) is 60.9. The summed E-state index contributed by atoms with van der Waals surface area (Å²) >= 11 is 26.8. The zero-order valence-corrected chi connectivity index (χ0v) is 40.1. The Bertz CT molecular complexity index is 2880. The van der Waals surface area contributed by atoms with E-state index in [2.05, 4.69) is 53.8 Å². The third-order valence-electron chi connectivity index (χ3n) is 9.37. The van der Waals surface area contributed by atoms with Gasteiger partial charge in [0.1, 0.15) is 30.8 Å². The van der Waals surface area contributed by atoms with Crippen LogP contribution in [0.15, 0.2) is 132 Å². The molecule has 332 valence electrons. The predicted molar refractivity (Wildman–Crippen MR) is 251 cm³/mol. The van der Waals surface area contributed by atoms with E-state index in [9.17, 15) is 14.9 Å². The number of nitrogens with one attached hydrogen (secondary N) is 1. The number of anilines is 2. The molecule has 2 aromatic heterocycles. The first kappa shape index (κ1) is 50.3. The van der Waals surface area contributed by atoms with Gasteiger partial charge in [0.05, 0.1) is 65.5 Å². The van der Waals surface area contributed by atoms with Crippen LogP contribution in [0.5, 0.6) is 0 Å². The van der Waals surface area contributed by atoms with Gasteiger partial charge in [-0.2, -0.15) is 41.4 Å². The molecule has 2 aliphatic heterocycles. The van der Waals surface area contributed by atoms with Crippen LogP contribution in [0.3, 0.4) is 0 Å². The number of halogens is 6. The first-order valence-corrected chi connectivity index (χ1v) is 21.6. The molecule has 66 heavy (non-hydrogen) atoms. The Kier molecular flexibility index (Phi) is 18.3. The van der Waals surface area contributed by atoms with E-state index in [-0.39, 0.29) is 48.7 Å². The highest BCUT2D eigenvalue weighted by molar-refractivity contribution is 9.09. The highest BCUT2D eigenvalue weighted by atomic mass is 79.9. The zero-order chi connectivity index (χ0) is 46.5. The Labute approximate surface area is 417 Å². The van der Waals surface area contributed by atoms with Crippen molar-refractivity contribution < 1.29 is 26.6 Å². The second-order valence-electron chi connectivity index (χ2n) is 13.6. The number of hydrazone groups is 2. The molecule has 0 radical (unpaired) electrons. The normalized spacial score (nSPS) is 14.5. The fourth-order valence-electron chi connectivity index (χ4n) is 6.34. The van der Waals surface area contributed by atoms with Crippen molar-refractivity contribution in [3.8, 4) is 24.3 Å². The largest absolute Gasteiger partial charge is 1.00 e. The van der Waals surface area contributed by atoms with Crippen molar-refractivity contribution >= 4 is 97.2 Å². The SMILES string of the molecule is N#CCBr.N#CCN(C(=O)N1CC(n2cc(C#N)cn2)C(c2ccc(Cl)cc2)=N1)c1ccc(Cl)cc1.N#Cc1cnn(C2CN(C(=O)Nc3ccc(Cl)cc3)N=C2c2ccc(Cl)cc2)c1.[Br-]. The summed E-state index contributed by atoms with van der Waals surface area (Å²) < 4.78 is 3.25. The fraction of sp³-hybridized carbons (Fsp3) is 0.136. The molecule has 0 bridgehead atoms. The number of alkyl halides is 1. The Hall–Kier alpha value is -6.74. The van der Waals surface area contributed by atoms with Crippen LogP contribution in [0.25, 0.3) is 0 Å². The second kappa shape index (κ2) is 24.0. The minimum atomic E-state index is -0.463. The van der Waals surface area contributed by atoms with Gasteiger partial charge in [-0.05, 0) is 72.8 Å². The average molecular weight is 1090 g/mol. The summed E-state index contributed by atoms with van der Waals surface area (Å²) in [5.74, 6) is 0. The topological polar surface area (TPSA) is 211 Å². The highest BCUT2D eigenvalue weighted by Crippen LogP contribution is 2.29. The van der Waals surface area contributed by atoms with Crippen LogP contribution in [0.2, 0.25) is 20.1 Å². The average Bonchev–Trinajstić information content (AvgIpc) is 4.17. The first-order chi connectivity index (χ1) is 31.4. The lowest BCUT2D eigenvalue weighted by molar-refractivity contribution is -0.0000196. The van der Waals surface area contributed by atoms with Crippen molar-refractivity contribution in [1.29, 1.82) is 21.0 Å². The molecular formula is C44H31Br2Cl4N14O2-. The summed E-state index contributed by atoms with van der Waals surface area (Å²) in [5.41, 5.74) is 4.80. The molecule has 2 unspecified atom stereocenters. The Morgan fingerprint density at radius 3 is 1.47 bits per heavy atom. The predicted octanol–water partition coefficient (Wildman–Crippen LogP) is 6.94. The van der Waals surface area contributed by atoms with Crippen molar-refractivity contribution in [3.63, 3.8) is 0 Å². The summed E-state index contributed by atoms with van der Waals surface area (Å²) in [7, 11) is 0. The van der Waals surface area contributed by atoms with E-state index in [1.54, 1.807) is 94.6 Å².